The van der Waals surface area contributed by atoms with Gasteiger partial charge in [0.25, 0.3) is 11.6 Å². The predicted molar refractivity (Wildman–Crippen MR) is 89.1 cm³/mol. The summed E-state index contributed by atoms with van der Waals surface area (Å²) in [6.07, 6.45) is 3.46. The SMILES string of the molecule is Cc1cccc2nc(N(C)Cc3nnc4c(=O)n(C)ccn34)oc12. The standard InChI is InChI=1S/C16H16N6O2/c1-10-5-4-6-11-13(10)24-16(17-11)21(3)9-12-18-19-14-15(23)20(2)7-8-22(12)14/h4-8H,9H2,1-3H3. The van der Waals surface area contributed by atoms with Crippen LogP contribution in [0.2, 0.25) is 0 Å². The van der Waals surface area contributed by atoms with Crippen LogP contribution in [-0.2, 0) is 13.6 Å². The lowest BCUT2D eigenvalue weighted by molar-refractivity contribution is 0.576. The Labute approximate surface area is 137 Å². The molecule has 4 aromatic rings. The first kappa shape index (κ1) is 14.4. The molecule has 0 aliphatic heterocycles. The lowest BCUT2D eigenvalue weighted by atomic mass is 10.2. The van der Waals surface area contributed by atoms with E-state index in [4.69, 9.17) is 4.42 Å². The van der Waals surface area contributed by atoms with E-state index in [1.165, 1.54) is 4.57 Å². The van der Waals surface area contributed by atoms with Crippen LogP contribution in [0.3, 0.4) is 0 Å². The lowest BCUT2D eigenvalue weighted by Gasteiger charge is -2.12. The summed E-state index contributed by atoms with van der Waals surface area (Å²) in [5.41, 5.74) is 2.75. The summed E-state index contributed by atoms with van der Waals surface area (Å²) >= 11 is 0. The smallest absolute Gasteiger partial charge is 0.298 e. The predicted octanol–water partition coefficient (Wildman–Crippen LogP) is 1.51. The highest BCUT2D eigenvalue weighted by atomic mass is 16.4. The summed E-state index contributed by atoms with van der Waals surface area (Å²) in [5, 5.41) is 8.11. The topological polar surface area (TPSA) is 81.5 Å². The number of rotatable bonds is 3. The quantitative estimate of drug-likeness (QED) is 0.568. The molecular weight excluding hydrogens is 308 g/mol. The number of aryl methyl sites for hydroxylation is 2. The minimum Gasteiger partial charge on any atom is -0.423 e. The molecule has 0 fully saturated rings. The molecule has 0 aliphatic carbocycles. The van der Waals surface area contributed by atoms with Crippen molar-refractivity contribution in [1.82, 2.24) is 24.1 Å². The molecular formula is C16H16N6O2. The molecule has 8 heteroatoms. The van der Waals surface area contributed by atoms with E-state index in [-0.39, 0.29) is 5.56 Å². The Morgan fingerprint density at radius 2 is 2.08 bits per heavy atom. The van der Waals surface area contributed by atoms with E-state index in [2.05, 4.69) is 15.2 Å². The molecule has 24 heavy (non-hydrogen) atoms. The summed E-state index contributed by atoms with van der Waals surface area (Å²) in [6.45, 7) is 2.40. The largest absolute Gasteiger partial charge is 0.423 e. The third kappa shape index (κ3) is 2.15. The molecule has 8 nitrogen and oxygen atoms in total. The zero-order valence-corrected chi connectivity index (χ0v) is 13.6. The van der Waals surface area contributed by atoms with Crippen molar-refractivity contribution in [3.05, 3.63) is 52.3 Å². The van der Waals surface area contributed by atoms with E-state index in [0.717, 1.165) is 16.7 Å². The zero-order chi connectivity index (χ0) is 16.8. The van der Waals surface area contributed by atoms with E-state index in [1.807, 2.05) is 37.1 Å². The zero-order valence-electron chi connectivity index (χ0n) is 13.6. The minimum absolute atomic E-state index is 0.184. The number of fused-ring (bicyclic) bond motifs is 2. The van der Waals surface area contributed by atoms with Crippen molar-refractivity contribution >= 4 is 22.8 Å². The van der Waals surface area contributed by atoms with Gasteiger partial charge in [0.1, 0.15) is 5.52 Å². The van der Waals surface area contributed by atoms with Crippen molar-refractivity contribution in [3.63, 3.8) is 0 Å². The molecule has 0 atom stereocenters. The number of aromatic nitrogens is 5. The molecule has 4 rings (SSSR count). The van der Waals surface area contributed by atoms with Crippen LogP contribution in [0, 0.1) is 6.92 Å². The Morgan fingerprint density at radius 1 is 1.25 bits per heavy atom. The van der Waals surface area contributed by atoms with Crippen molar-refractivity contribution in [2.24, 2.45) is 7.05 Å². The van der Waals surface area contributed by atoms with Crippen LogP contribution in [0.4, 0.5) is 6.01 Å². The normalized spacial score (nSPS) is 11.5. The van der Waals surface area contributed by atoms with Crippen LogP contribution in [0.15, 0.2) is 39.8 Å². The summed E-state index contributed by atoms with van der Waals surface area (Å²) in [7, 11) is 3.55. The Morgan fingerprint density at radius 3 is 2.88 bits per heavy atom. The second kappa shape index (κ2) is 5.19. The maximum atomic E-state index is 12.0. The van der Waals surface area contributed by atoms with Gasteiger partial charge in [0.05, 0.1) is 6.54 Å². The molecule has 0 saturated carbocycles. The molecule has 0 bridgehead atoms. The molecule has 0 amide bonds. The van der Waals surface area contributed by atoms with Gasteiger partial charge in [-0.3, -0.25) is 9.20 Å². The van der Waals surface area contributed by atoms with Crippen LogP contribution in [0.1, 0.15) is 11.4 Å². The van der Waals surface area contributed by atoms with Gasteiger partial charge in [-0.25, -0.2) is 0 Å². The summed E-state index contributed by atoms with van der Waals surface area (Å²) in [5.74, 6) is 0.643. The highest BCUT2D eigenvalue weighted by molar-refractivity contribution is 5.77. The maximum Gasteiger partial charge on any atom is 0.298 e. The molecule has 122 valence electrons. The molecule has 0 N–H and O–H groups in total. The van der Waals surface area contributed by atoms with Crippen molar-refractivity contribution in [2.45, 2.75) is 13.5 Å². The first-order chi connectivity index (χ1) is 11.5. The molecule has 0 spiro atoms. The highest BCUT2D eigenvalue weighted by Gasteiger charge is 2.16. The van der Waals surface area contributed by atoms with Crippen molar-refractivity contribution in [3.8, 4) is 0 Å². The summed E-state index contributed by atoms with van der Waals surface area (Å²) < 4.78 is 9.02. The molecule has 3 heterocycles. The molecule has 0 unspecified atom stereocenters. The van der Waals surface area contributed by atoms with E-state index >= 15 is 0 Å². The minimum atomic E-state index is -0.184. The molecule has 0 saturated heterocycles. The molecule has 3 aromatic heterocycles. The molecule has 0 radical (unpaired) electrons. The van der Waals surface area contributed by atoms with Gasteiger partial charge in [-0.1, -0.05) is 12.1 Å². The number of hydrogen-bond acceptors (Lipinski definition) is 6. The number of nitrogens with zero attached hydrogens (tertiary/aromatic N) is 6. The highest BCUT2D eigenvalue weighted by Crippen LogP contribution is 2.24. The third-order valence-corrected chi connectivity index (χ3v) is 4.02. The molecule has 0 aliphatic rings. The number of para-hydroxylation sites is 1. The lowest BCUT2D eigenvalue weighted by Crippen LogP contribution is -2.21. The van der Waals surface area contributed by atoms with Crippen LogP contribution in [0.25, 0.3) is 16.7 Å². The van der Waals surface area contributed by atoms with Crippen molar-refractivity contribution in [2.75, 3.05) is 11.9 Å². The Bertz CT molecular complexity index is 1110. The van der Waals surface area contributed by atoms with E-state index < -0.39 is 0 Å². The van der Waals surface area contributed by atoms with Gasteiger partial charge in [0.15, 0.2) is 11.4 Å². The number of anilines is 1. The number of oxazole rings is 1. The average Bonchev–Trinajstić information content (AvgIpc) is 3.16. The van der Waals surface area contributed by atoms with Crippen LogP contribution in [0.5, 0.6) is 0 Å². The first-order valence-electron chi connectivity index (χ1n) is 7.51. The Hall–Kier alpha value is -3.16. The van der Waals surface area contributed by atoms with Gasteiger partial charge >= 0.3 is 0 Å². The average molecular weight is 324 g/mol. The number of hydrogen-bond donors (Lipinski definition) is 0. The van der Waals surface area contributed by atoms with Gasteiger partial charge in [-0.15, -0.1) is 10.2 Å². The van der Waals surface area contributed by atoms with Gasteiger partial charge in [-0.2, -0.15) is 4.98 Å². The fourth-order valence-electron chi connectivity index (χ4n) is 2.64. The van der Waals surface area contributed by atoms with Crippen molar-refractivity contribution in [1.29, 1.82) is 0 Å². The van der Waals surface area contributed by atoms with Crippen LogP contribution in [-0.4, -0.2) is 31.2 Å². The Balaban J connectivity index is 1.70. The first-order valence-corrected chi connectivity index (χ1v) is 7.51. The molecule has 1 aromatic carbocycles. The monoisotopic (exact) mass is 324 g/mol. The maximum absolute atomic E-state index is 12.0. The van der Waals surface area contributed by atoms with Gasteiger partial charge in [-0.05, 0) is 18.6 Å². The van der Waals surface area contributed by atoms with Gasteiger partial charge in [0.2, 0.25) is 5.65 Å². The number of benzene rings is 1. The van der Waals surface area contributed by atoms with E-state index in [1.54, 1.807) is 23.8 Å². The van der Waals surface area contributed by atoms with Crippen molar-refractivity contribution < 1.29 is 4.42 Å². The van der Waals surface area contributed by atoms with Gasteiger partial charge in [0, 0.05) is 26.5 Å². The van der Waals surface area contributed by atoms with Gasteiger partial charge < -0.3 is 13.9 Å². The Kier molecular flexibility index (Phi) is 3.12. The second-order valence-corrected chi connectivity index (χ2v) is 5.80. The van der Waals surface area contributed by atoms with E-state index in [0.29, 0.717) is 24.0 Å². The summed E-state index contributed by atoms with van der Waals surface area (Å²) in [4.78, 5) is 18.4. The fraction of sp³-hybridized carbons (Fsp3) is 0.250. The second-order valence-electron chi connectivity index (χ2n) is 5.80. The fourth-order valence-corrected chi connectivity index (χ4v) is 2.64. The van der Waals surface area contributed by atoms with Crippen LogP contribution >= 0.6 is 0 Å². The summed E-state index contributed by atoms with van der Waals surface area (Å²) in [6, 6.07) is 6.35. The van der Waals surface area contributed by atoms with Crippen LogP contribution < -0.4 is 10.5 Å². The third-order valence-electron chi connectivity index (χ3n) is 4.02. The van der Waals surface area contributed by atoms with E-state index in [9.17, 15) is 4.79 Å².